The van der Waals surface area contributed by atoms with Gasteiger partial charge in [-0.2, -0.15) is 9.78 Å². The highest BCUT2D eigenvalue weighted by molar-refractivity contribution is 7.80. The molecule has 0 saturated heterocycles. The number of rotatable bonds is 1. The van der Waals surface area contributed by atoms with Gasteiger partial charge in [0.2, 0.25) is 0 Å². The van der Waals surface area contributed by atoms with Gasteiger partial charge in [0, 0.05) is 4.86 Å². The molecule has 1 aliphatic carbocycles. The quantitative estimate of drug-likeness (QED) is 0.589. The zero-order chi connectivity index (χ0) is 13.5. The minimum atomic E-state index is -1.91. The number of hydrogen-bond donors (Lipinski definition) is 0. The standard InChI is InChI=1S/C10H8Cl3N3OS/c1-6-2-3-7(8(18)4-6)15-5-14-16(9(15)17)10(11,12)13/h2-5,7H,1H3. The monoisotopic (exact) mass is 323 g/mol. The van der Waals surface area contributed by atoms with Gasteiger partial charge < -0.3 is 0 Å². The van der Waals surface area contributed by atoms with E-state index >= 15 is 0 Å². The Balaban J connectivity index is 2.44. The molecule has 8 heteroatoms. The maximum Gasteiger partial charge on any atom is 0.350 e. The van der Waals surface area contributed by atoms with Crippen LogP contribution in [0.5, 0.6) is 0 Å². The Bertz CT molecular complexity index is 609. The van der Waals surface area contributed by atoms with Crippen molar-refractivity contribution in [3.63, 3.8) is 0 Å². The molecule has 1 aromatic heterocycles. The molecule has 4 nitrogen and oxygen atoms in total. The summed E-state index contributed by atoms with van der Waals surface area (Å²) >= 11 is 22.1. The smallest absolute Gasteiger partial charge is 0.269 e. The third-order valence-electron chi connectivity index (χ3n) is 2.44. The van der Waals surface area contributed by atoms with Crippen LogP contribution in [0.15, 0.2) is 34.9 Å². The van der Waals surface area contributed by atoms with Crippen molar-refractivity contribution in [2.24, 2.45) is 0 Å². The summed E-state index contributed by atoms with van der Waals surface area (Å²) in [5, 5.41) is 3.77. The first-order valence-electron chi connectivity index (χ1n) is 4.94. The van der Waals surface area contributed by atoms with Crippen molar-refractivity contribution in [2.75, 3.05) is 0 Å². The van der Waals surface area contributed by atoms with Crippen LogP contribution in [-0.2, 0) is 3.92 Å². The molecule has 1 aliphatic rings. The van der Waals surface area contributed by atoms with Crippen molar-refractivity contribution >= 4 is 51.9 Å². The van der Waals surface area contributed by atoms with Gasteiger partial charge in [-0.3, -0.25) is 4.57 Å². The summed E-state index contributed by atoms with van der Waals surface area (Å²) in [6.07, 6.45) is 6.81. The summed E-state index contributed by atoms with van der Waals surface area (Å²) in [6.45, 7) is 1.92. The van der Waals surface area contributed by atoms with E-state index in [0.717, 1.165) is 10.3 Å². The average molecular weight is 325 g/mol. The van der Waals surface area contributed by atoms with E-state index in [1.807, 2.05) is 25.2 Å². The Morgan fingerprint density at radius 1 is 1.44 bits per heavy atom. The normalized spacial score (nSPS) is 20.1. The van der Waals surface area contributed by atoms with Crippen molar-refractivity contribution < 1.29 is 0 Å². The highest BCUT2D eigenvalue weighted by atomic mass is 35.6. The number of aromatic nitrogens is 3. The summed E-state index contributed by atoms with van der Waals surface area (Å²) in [5.41, 5.74) is 0.498. The third-order valence-corrected chi connectivity index (χ3v) is 3.28. The lowest BCUT2D eigenvalue weighted by Crippen LogP contribution is -2.34. The largest absolute Gasteiger partial charge is 0.350 e. The molecule has 0 bridgehead atoms. The SMILES string of the molecule is CC1=CC(=S)C(n2cnn(C(Cl)(Cl)Cl)c2=O)C=C1. The molecule has 2 rings (SSSR count). The van der Waals surface area contributed by atoms with Gasteiger partial charge in [-0.15, -0.1) is 0 Å². The molecule has 0 aliphatic heterocycles. The first kappa shape index (κ1) is 13.8. The molecule has 1 heterocycles. The molecular weight excluding hydrogens is 317 g/mol. The Morgan fingerprint density at radius 2 is 2.11 bits per heavy atom. The molecule has 0 amide bonds. The summed E-state index contributed by atoms with van der Waals surface area (Å²) in [6, 6.07) is -0.378. The van der Waals surface area contributed by atoms with Crippen LogP contribution in [0.1, 0.15) is 13.0 Å². The van der Waals surface area contributed by atoms with Crippen molar-refractivity contribution in [1.82, 2.24) is 14.3 Å². The van der Waals surface area contributed by atoms with E-state index in [1.165, 1.54) is 10.9 Å². The van der Waals surface area contributed by atoms with Crippen LogP contribution >= 0.6 is 47.0 Å². The highest BCUT2D eigenvalue weighted by Gasteiger charge is 2.29. The second-order valence-electron chi connectivity index (χ2n) is 3.80. The lowest BCUT2D eigenvalue weighted by Gasteiger charge is -2.16. The molecule has 1 atom stereocenters. The van der Waals surface area contributed by atoms with Gasteiger partial charge in [0.1, 0.15) is 6.33 Å². The minimum Gasteiger partial charge on any atom is -0.269 e. The van der Waals surface area contributed by atoms with Gasteiger partial charge in [0.15, 0.2) is 0 Å². The maximum atomic E-state index is 12.0. The first-order chi connectivity index (χ1) is 8.30. The van der Waals surface area contributed by atoms with Crippen LogP contribution in [0.3, 0.4) is 0 Å². The van der Waals surface area contributed by atoms with Gasteiger partial charge in [0.25, 0.3) is 3.92 Å². The molecule has 0 saturated carbocycles. The highest BCUT2D eigenvalue weighted by Crippen LogP contribution is 2.29. The lowest BCUT2D eigenvalue weighted by molar-refractivity contribution is 0.620. The second kappa shape index (κ2) is 4.81. The van der Waals surface area contributed by atoms with E-state index in [4.69, 9.17) is 47.0 Å². The summed E-state index contributed by atoms with van der Waals surface area (Å²) < 4.78 is 0.192. The van der Waals surface area contributed by atoms with Gasteiger partial charge in [-0.1, -0.05) is 64.7 Å². The van der Waals surface area contributed by atoms with Crippen molar-refractivity contribution in [2.45, 2.75) is 16.9 Å². The van der Waals surface area contributed by atoms with Crippen molar-refractivity contribution in [3.05, 3.63) is 40.6 Å². The van der Waals surface area contributed by atoms with E-state index in [9.17, 15) is 4.79 Å². The molecular formula is C10H8Cl3N3OS. The van der Waals surface area contributed by atoms with Crippen molar-refractivity contribution in [1.29, 1.82) is 0 Å². The topological polar surface area (TPSA) is 39.8 Å². The van der Waals surface area contributed by atoms with E-state index < -0.39 is 9.61 Å². The number of halogens is 3. The molecule has 0 N–H and O–H groups in total. The van der Waals surface area contributed by atoms with Crippen LogP contribution in [0, 0.1) is 0 Å². The number of thiocarbonyl (C=S) groups is 1. The Morgan fingerprint density at radius 3 is 2.61 bits per heavy atom. The predicted molar refractivity (Wildman–Crippen MR) is 76.6 cm³/mol. The van der Waals surface area contributed by atoms with Crippen LogP contribution in [-0.4, -0.2) is 19.2 Å². The fourth-order valence-electron chi connectivity index (χ4n) is 1.61. The summed E-state index contributed by atoms with van der Waals surface area (Å²) in [5.74, 6) is 0. The summed E-state index contributed by atoms with van der Waals surface area (Å²) in [7, 11) is 0. The lowest BCUT2D eigenvalue weighted by atomic mass is 10.0. The Hall–Kier alpha value is -0.620. The van der Waals surface area contributed by atoms with Crippen LogP contribution in [0.2, 0.25) is 0 Å². The molecule has 1 unspecified atom stereocenters. The van der Waals surface area contributed by atoms with E-state index in [-0.39, 0.29) is 6.04 Å². The zero-order valence-corrected chi connectivity index (χ0v) is 12.3. The molecule has 18 heavy (non-hydrogen) atoms. The number of hydrogen-bond acceptors (Lipinski definition) is 3. The summed E-state index contributed by atoms with van der Waals surface area (Å²) in [4.78, 5) is 12.6. The Kier molecular flexibility index (Phi) is 3.69. The molecule has 0 spiro atoms. The molecule has 1 aromatic rings. The zero-order valence-electron chi connectivity index (χ0n) is 9.18. The van der Waals surface area contributed by atoms with E-state index in [1.54, 1.807) is 0 Å². The van der Waals surface area contributed by atoms with Crippen LogP contribution in [0.25, 0.3) is 0 Å². The molecule has 96 valence electrons. The predicted octanol–water partition coefficient (Wildman–Crippen LogP) is 2.76. The van der Waals surface area contributed by atoms with Gasteiger partial charge in [-0.05, 0) is 13.0 Å². The van der Waals surface area contributed by atoms with Gasteiger partial charge in [0.05, 0.1) is 6.04 Å². The van der Waals surface area contributed by atoms with Crippen LogP contribution < -0.4 is 5.69 Å². The molecule has 0 aromatic carbocycles. The van der Waals surface area contributed by atoms with Gasteiger partial charge >= 0.3 is 5.69 Å². The van der Waals surface area contributed by atoms with Gasteiger partial charge in [-0.25, -0.2) is 4.79 Å². The van der Waals surface area contributed by atoms with Crippen molar-refractivity contribution in [3.8, 4) is 0 Å². The number of nitrogens with zero attached hydrogens (tertiary/aromatic N) is 3. The Labute approximate surface area is 123 Å². The number of alkyl halides is 3. The number of allylic oxidation sites excluding steroid dienone is 4. The van der Waals surface area contributed by atoms with E-state index in [0.29, 0.717) is 4.86 Å². The molecule has 0 fully saturated rings. The average Bonchev–Trinajstić information content (AvgIpc) is 2.60. The fraction of sp³-hybridized carbons (Fsp3) is 0.300. The van der Waals surface area contributed by atoms with Crippen LogP contribution in [0.4, 0.5) is 0 Å². The van der Waals surface area contributed by atoms with E-state index in [2.05, 4.69) is 5.10 Å². The maximum absolute atomic E-state index is 12.0. The molecule has 0 radical (unpaired) electrons. The third kappa shape index (κ3) is 2.54. The fourth-order valence-corrected chi connectivity index (χ4v) is 2.33. The minimum absolute atomic E-state index is 0.378. The first-order valence-corrected chi connectivity index (χ1v) is 6.48. The second-order valence-corrected chi connectivity index (χ2v) is 6.49.